The minimum Gasteiger partial charge on any atom is -0.490 e. The molecule has 0 aliphatic heterocycles. The average molecular weight is 487 g/mol. The van der Waals surface area contributed by atoms with Gasteiger partial charge in [0, 0.05) is 5.69 Å². The van der Waals surface area contributed by atoms with Crippen molar-refractivity contribution in [2.75, 3.05) is 25.6 Å². The lowest BCUT2D eigenvalue weighted by Crippen LogP contribution is -2.14. The monoisotopic (exact) mass is 486 g/mol. The van der Waals surface area contributed by atoms with Gasteiger partial charge in [-0.2, -0.15) is 5.26 Å². The first-order valence-electron chi connectivity index (χ1n) is 9.45. The number of carbonyl (C=O) groups excluding carboxylic acids is 2. The van der Waals surface area contributed by atoms with Crippen molar-refractivity contribution < 1.29 is 23.8 Å². The third-order valence-corrected chi connectivity index (χ3v) is 4.92. The number of hydrogen-bond acceptors (Lipinski definition) is 6. The largest absolute Gasteiger partial charge is 0.490 e. The van der Waals surface area contributed by atoms with Crippen molar-refractivity contribution in [3.8, 4) is 17.6 Å². The number of halogens is 1. The van der Waals surface area contributed by atoms with E-state index in [9.17, 15) is 14.9 Å². The predicted molar refractivity (Wildman–Crippen MR) is 121 cm³/mol. The van der Waals surface area contributed by atoms with Crippen LogP contribution in [0.2, 0.25) is 0 Å². The Kier molecular flexibility index (Phi) is 8.64. The van der Waals surface area contributed by atoms with Crippen LogP contribution in [0.1, 0.15) is 23.6 Å². The normalized spacial score (nSPS) is 10.8. The number of rotatable bonds is 8. The molecule has 7 nitrogen and oxygen atoms in total. The molecule has 0 fully saturated rings. The zero-order chi connectivity index (χ0) is 23.0. The van der Waals surface area contributed by atoms with Gasteiger partial charge in [-0.05, 0) is 83.7 Å². The van der Waals surface area contributed by atoms with Crippen molar-refractivity contribution in [2.24, 2.45) is 0 Å². The van der Waals surface area contributed by atoms with Crippen molar-refractivity contribution in [3.63, 3.8) is 0 Å². The Bertz CT molecular complexity index is 1060. The Morgan fingerprint density at radius 1 is 1.16 bits per heavy atom. The molecule has 31 heavy (non-hydrogen) atoms. The van der Waals surface area contributed by atoms with Crippen LogP contribution >= 0.6 is 15.9 Å². The topological polar surface area (TPSA) is 97.6 Å². The highest BCUT2D eigenvalue weighted by atomic mass is 79.9. The highest BCUT2D eigenvalue weighted by molar-refractivity contribution is 9.10. The second kappa shape index (κ2) is 11.2. The summed E-state index contributed by atoms with van der Waals surface area (Å²) < 4.78 is 16.2. The molecule has 2 rings (SSSR count). The van der Waals surface area contributed by atoms with E-state index in [1.54, 1.807) is 25.1 Å². The molecule has 162 valence electrons. The van der Waals surface area contributed by atoms with E-state index in [-0.39, 0.29) is 12.2 Å². The molecular weight excluding hydrogens is 464 g/mol. The third-order valence-electron chi connectivity index (χ3n) is 4.33. The quantitative estimate of drug-likeness (QED) is 0.333. The molecule has 0 aliphatic carbocycles. The van der Waals surface area contributed by atoms with Crippen LogP contribution in [0.15, 0.2) is 40.4 Å². The van der Waals surface area contributed by atoms with Crippen LogP contribution in [0.25, 0.3) is 6.08 Å². The molecule has 0 unspecified atom stereocenters. The second-order valence-corrected chi connectivity index (χ2v) is 7.41. The first-order chi connectivity index (χ1) is 14.8. The summed E-state index contributed by atoms with van der Waals surface area (Å²) in [5.41, 5.74) is 3.23. The number of esters is 1. The van der Waals surface area contributed by atoms with Gasteiger partial charge in [0.05, 0.1) is 18.2 Å². The Hall–Kier alpha value is -3.31. The third kappa shape index (κ3) is 6.59. The van der Waals surface area contributed by atoms with Crippen molar-refractivity contribution in [2.45, 2.75) is 20.8 Å². The lowest BCUT2D eigenvalue weighted by molar-refractivity contribution is -0.142. The van der Waals surface area contributed by atoms with Crippen molar-refractivity contribution in [1.29, 1.82) is 5.26 Å². The SMILES string of the molecule is CCOc1cc(/C=C(\C#N)C(=O)Nc2ccc(C)c(C)c2)cc(Br)c1OCC(=O)OC. The molecule has 0 spiro atoms. The zero-order valence-electron chi connectivity index (χ0n) is 17.7. The number of carbonyl (C=O) groups is 2. The summed E-state index contributed by atoms with van der Waals surface area (Å²) in [6.45, 7) is 5.80. The molecule has 2 aromatic rings. The number of aryl methyl sites for hydroxylation is 2. The first-order valence-corrected chi connectivity index (χ1v) is 10.2. The number of benzene rings is 2. The van der Waals surface area contributed by atoms with E-state index in [2.05, 4.69) is 26.0 Å². The van der Waals surface area contributed by atoms with E-state index in [1.165, 1.54) is 13.2 Å². The van der Waals surface area contributed by atoms with Crippen molar-refractivity contribution in [1.82, 2.24) is 0 Å². The van der Waals surface area contributed by atoms with Gasteiger partial charge in [-0.15, -0.1) is 0 Å². The van der Waals surface area contributed by atoms with Crippen molar-refractivity contribution in [3.05, 3.63) is 57.1 Å². The van der Waals surface area contributed by atoms with Gasteiger partial charge >= 0.3 is 5.97 Å². The first kappa shape index (κ1) is 24.0. The minimum absolute atomic E-state index is 0.0733. The number of anilines is 1. The van der Waals surface area contributed by atoms with Gasteiger partial charge in [-0.1, -0.05) is 6.07 Å². The Morgan fingerprint density at radius 2 is 1.90 bits per heavy atom. The molecule has 2 aromatic carbocycles. The maximum absolute atomic E-state index is 12.6. The van der Waals surface area contributed by atoms with Crippen LogP contribution in [-0.2, 0) is 14.3 Å². The van der Waals surface area contributed by atoms with E-state index in [4.69, 9.17) is 9.47 Å². The molecule has 0 heterocycles. The Morgan fingerprint density at radius 3 is 2.52 bits per heavy atom. The predicted octanol–water partition coefficient (Wildman–Crippen LogP) is 4.56. The van der Waals surface area contributed by atoms with E-state index < -0.39 is 11.9 Å². The lowest BCUT2D eigenvalue weighted by atomic mass is 10.1. The number of amides is 1. The fraction of sp³-hybridized carbons (Fsp3) is 0.261. The van der Waals surface area contributed by atoms with Crippen LogP contribution < -0.4 is 14.8 Å². The van der Waals surface area contributed by atoms with Gasteiger partial charge in [0.2, 0.25) is 0 Å². The molecule has 0 aliphatic rings. The van der Waals surface area contributed by atoms with E-state index in [1.807, 2.05) is 32.0 Å². The van der Waals surface area contributed by atoms with Gasteiger partial charge in [-0.25, -0.2) is 4.79 Å². The summed E-state index contributed by atoms with van der Waals surface area (Å²) in [5.74, 6) is -0.375. The van der Waals surface area contributed by atoms with E-state index in [0.29, 0.717) is 33.8 Å². The summed E-state index contributed by atoms with van der Waals surface area (Å²) in [6.07, 6.45) is 1.45. The fourth-order valence-electron chi connectivity index (χ4n) is 2.60. The Labute approximate surface area is 189 Å². The molecule has 0 aromatic heterocycles. The molecule has 0 saturated heterocycles. The highest BCUT2D eigenvalue weighted by Gasteiger charge is 2.16. The number of nitrogens with one attached hydrogen (secondary N) is 1. The maximum Gasteiger partial charge on any atom is 0.343 e. The summed E-state index contributed by atoms with van der Waals surface area (Å²) >= 11 is 3.39. The molecular formula is C23H23BrN2O5. The highest BCUT2D eigenvalue weighted by Crippen LogP contribution is 2.37. The number of hydrogen-bond donors (Lipinski definition) is 1. The standard InChI is InChI=1S/C23H23BrN2O5/c1-5-30-20-11-16(10-19(24)22(20)31-13-21(27)29-4)9-17(12-25)23(28)26-18-7-6-14(2)15(3)8-18/h6-11H,5,13H2,1-4H3,(H,26,28)/b17-9+. The molecule has 1 amide bonds. The van der Waals surface area contributed by atoms with Gasteiger partial charge in [-0.3, -0.25) is 4.79 Å². The molecule has 0 radical (unpaired) electrons. The average Bonchev–Trinajstić information content (AvgIpc) is 2.73. The van der Waals surface area contributed by atoms with Crippen LogP contribution in [0.4, 0.5) is 5.69 Å². The lowest BCUT2D eigenvalue weighted by Gasteiger charge is -2.14. The molecule has 0 atom stereocenters. The Balaban J connectivity index is 2.31. The second-order valence-electron chi connectivity index (χ2n) is 6.55. The summed E-state index contributed by atoms with van der Waals surface area (Å²) in [7, 11) is 1.27. The maximum atomic E-state index is 12.6. The molecule has 0 bridgehead atoms. The molecule has 8 heteroatoms. The molecule has 1 N–H and O–H groups in total. The van der Waals surface area contributed by atoms with Gasteiger partial charge < -0.3 is 19.5 Å². The number of nitriles is 1. The fourth-order valence-corrected chi connectivity index (χ4v) is 3.17. The van der Waals surface area contributed by atoms with E-state index >= 15 is 0 Å². The smallest absolute Gasteiger partial charge is 0.343 e. The van der Waals surface area contributed by atoms with Crippen LogP contribution in [0.5, 0.6) is 11.5 Å². The van der Waals surface area contributed by atoms with E-state index in [0.717, 1.165) is 11.1 Å². The minimum atomic E-state index is -0.534. The van der Waals surface area contributed by atoms with Gasteiger partial charge in [0.15, 0.2) is 18.1 Å². The van der Waals surface area contributed by atoms with Crippen LogP contribution in [-0.4, -0.2) is 32.2 Å². The number of nitrogens with zero attached hydrogens (tertiary/aromatic N) is 1. The van der Waals surface area contributed by atoms with Crippen LogP contribution in [0.3, 0.4) is 0 Å². The van der Waals surface area contributed by atoms with Gasteiger partial charge in [0.25, 0.3) is 5.91 Å². The number of ether oxygens (including phenoxy) is 3. The summed E-state index contributed by atoms with van der Waals surface area (Å²) in [5, 5.41) is 12.2. The number of methoxy groups -OCH3 is 1. The van der Waals surface area contributed by atoms with Crippen molar-refractivity contribution >= 4 is 39.6 Å². The van der Waals surface area contributed by atoms with Crippen LogP contribution in [0, 0.1) is 25.2 Å². The zero-order valence-corrected chi connectivity index (χ0v) is 19.3. The molecule has 0 saturated carbocycles. The summed E-state index contributed by atoms with van der Waals surface area (Å²) in [4.78, 5) is 24.0. The summed E-state index contributed by atoms with van der Waals surface area (Å²) in [6, 6.07) is 10.8. The van der Waals surface area contributed by atoms with Gasteiger partial charge in [0.1, 0.15) is 11.6 Å².